The Labute approximate surface area is 109 Å². The highest BCUT2D eigenvalue weighted by Crippen LogP contribution is 2.13. The summed E-state index contributed by atoms with van der Waals surface area (Å²) in [4.78, 5) is 8.52. The van der Waals surface area contributed by atoms with Crippen molar-refractivity contribution < 1.29 is 9.47 Å². The van der Waals surface area contributed by atoms with Gasteiger partial charge in [0.1, 0.15) is 18.2 Å². The topological polar surface area (TPSA) is 56.3 Å². The molecule has 0 saturated heterocycles. The van der Waals surface area contributed by atoms with Gasteiger partial charge >= 0.3 is 0 Å². The molecule has 1 aromatic rings. The van der Waals surface area contributed by atoms with Crippen molar-refractivity contribution in [1.82, 2.24) is 9.97 Å². The highest BCUT2D eigenvalue weighted by atomic mass is 16.5. The predicted molar refractivity (Wildman–Crippen MR) is 72.1 cm³/mol. The molecule has 1 heterocycles. The molecule has 0 amide bonds. The molecule has 0 unspecified atom stereocenters. The average molecular weight is 253 g/mol. The summed E-state index contributed by atoms with van der Waals surface area (Å²) in [5, 5.41) is 3.22. The molecule has 5 heteroatoms. The Morgan fingerprint density at radius 1 is 1.28 bits per heavy atom. The van der Waals surface area contributed by atoms with Gasteiger partial charge in [0.25, 0.3) is 0 Å². The summed E-state index contributed by atoms with van der Waals surface area (Å²) in [5.41, 5.74) is 0. The van der Waals surface area contributed by atoms with Crippen LogP contribution in [0.5, 0.6) is 5.88 Å². The normalized spacial score (nSPS) is 10.7. The fourth-order valence-electron chi connectivity index (χ4n) is 1.39. The molecule has 1 rings (SSSR count). The van der Waals surface area contributed by atoms with Gasteiger partial charge < -0.3 is 14.8 Å². The molecule has 18 heavy (non-hydrogen) atoms. The fraction of sp³-hybridized carbons (Fsp3) is 0.692. The van der Waals surface area contributed by atoms with E-state index in [0.29, 0.717) is 24.9 Å². The molecule has 0 aromatic carbocycles. The van der Waals surface area contributed by atoms with E-state index in [0.717, 1.165) is 18.8 Å². The average Bonchev–Trinajstić information content (AvgIpc) is 2.31. The summed E-state index contributed by atoms with van der Waals surface area (Å²) < 4.78 is 10.9. The van der Waals surface area contributed by atoms with Crippen LogP contribution in [0.2, 0.25) is 0 Å². The number of rotatable bonds is 8. The molecule has 0 atom stereocenters. The lowest BCUT2D eigenvalue weighted by Gasteiger charge is -2.10. The maximum Gasteiger partial charge on any atom is 0.218 e. The van der Waals surface area contributed by atoms with Crippen molar-refractivity contribution in [2.75, 3.05) is 25.1 Å². The van der Waals surface area contributed by atoms with E-state index in [9.17, 15) is 0 Å². The van der Waals surface area contributed by atoms with E-state index in [-0.39, 0.29) is 6.10 Å². The van der Waals surface area contributed by atoms with Crippen molar-refractivity contribution in [3.8, 4) is 5.88 Å². The van der Waals surface area contributed by atoms with Crippen molar-refractivity contribution >= 4 is 5.82 Å². The Morgan fingerprint density at radius 3 is 2.72 bits per heavy atom. The number of ether oxygens (including phenoxy) is 2. The predicted octanol–water partition coefficient (Wildman–Crippen LogP) is 2.41. The van der Waals surface area contributed by atoms with Gasteiger partial charge in [-0.2, -0.15) is 4.98 Å². The van der Waals surface area contributed by atoms with Gasteiger partial charge in [-0.1, -0.05) is 6.92 Å². The zero-order valence-corrected chi connectivity index (χ0v) is 11.7. The highest BCUT2D eigenvalue weighted by Gasteiger charge is 2.02. The van der Waals surface area contributed by atoms with E-state index < -0.39 is 0 Å². The first kappa shape index (κ1) is 14.7. The number of hydrogen-bond donors (Lipinski definition) is 1. The summed E-state index contributed by atoms with van der Waals surface area (Å²) >= 11 is 0. The minimum absolute atomic E-state index is 0.225. The quantitative estimate of drug-likeness (QED) is 0.721. The largest absolute Gasteiger partial charge is 0.475 e. The Balaban J connectivity index is 2.46. The standard InChI is InChI=1S/C13H23N3O2/c1-5-6-14-12-9-13(16-11(4)15-12)18-8-7-17-10(2)3/h9-10H,5-8H2,1-4H3,(H,14,15,16). The van der Waals surface area contributed by atoms with E-state index in [1.54, 1.807) is 0 Å². The Bertz CT molecular complexity index is 356. The molecule has 0 bridgehead atoms. The van der Waals surface area contributed by atoms with E-state index in [1.807, 2.05) is 26.8 Å². The van der Waals surface area contributed by atoms with Crippen LogP contribution in [-0.2, 0) is 4.74 Å². The molecule has 0 radical (unpaired) electrons. The van der Waals surface area contributed by atoms with E-state index >= 15 is 0 Å². The van der Waals surface area contributed by atoms with Gasteiger partial charge in [-0.3, -0.25) is 0 Å². The van der Waals surface area contributed by atoms with Gasteiger partial charge in [-0.15, -0.1) is 0 Å². The van der Waals surface area contributed by atoms with E-state index in [1.165, 1.54) is 0 Å². The number of hydrogen-bond acceptors (Lipinski definition) is 5. The van der Waals surface area contributed by atoms with Crippen LogP contribution >= 0.6 is 0 Å². The first-order chi connectivity index (χ1) is 8.61. The van der Waals surface area contributed by atoms with Crippen molar-refractivity contribution in [2.45, 2.75) is 40.2 Å². The Morgan fingerprint density at radius 2 is 2.06 bits per heavy atom. The van der Waals surface area contributed by atoms with Crippen LogP contribution in [0, 0.1) is 6.92 Å². The van der Waals surface area contributed by atoms with Crippen LogP contribution in [0.25, 0.3) is 0 Å². The molecule has 0 spiro atoms. The summed E-state index contributed by atoms with van der Waals surface area (Å²) in [6.07, 6.45) is 1.28. The van der Waals surface area contributed by atoms with Crippen LogP contribution in [0.1, 0.15) is 33.0 Å². The zero-order valence-electron chi connectivity index (χ0n) is 11.7. The molecule has 102 valence electrons. The van der Waals surface area contributed by atoms with E-state index in [2.05, 4.69) is 22.2 Å². The highest BCUT2D eigenvalue weighted by molar-refractivity contribution is 5.38. The van der Waals surface area contributed by atoms with Gasteiger partial charge in [-0.05, 0) is 27.2 Å². The lowest BCUT2D eigenvalue weighted by molar-refractivity contribution is 0.0542. The van der Waals surface area contributed by atoms with Crippen molar-refractivity contribution in [3.05, 3.63) is 11.9 Å². The van der Waals surface area contributed by atoms with Crippen molar-refractivity contribution in [2.24, 2.45) is 0 Å². The lowest BCUT2D eigenvalue weighted by atomic mass is 10.4. The van der Waals surface area contributed by atoms with Crippen LogP contribution in [0.3, 0.4) is 0 Å². The number of nitrogens with one attached hydrogen (secondary N) is 1. The second kappa shape index (κ2) is 7.87. The summed E-state index contributed by atoms with van der Waals surface area (Å²) in [6.45, 7) is 9.94. The molecule has 0 saturated carbocycles. The number of aryl methyl sites for hydroxylation is 1. The van der Waals surface area contributed by atoms with Crippen LogP contribution < -0.4 is 10.1 Å². The van der Waals surface area contributed by atoms with Crippen LogP contribution in [0.4, 0.5) is 5.82 Å². The molecular formula is C13H23N3O2. The zero-order chi connectivity index (χ0) is 13.4. The molecule has 0 aliphatic rings. The summed E-state index contributed by atoms with van der Waals surface area (Å²) in [6, 6.07) is 1.82. The smallest absolute Gasteiger partial charge is 0.218 e. The fourth-order valence-corrected chi connectivity index (χ4v) is 1.39. The molecule has 0 aliphatic heterocycles. The number of aromatic nitrogens is 2. The van der Waals surface area contributed by atoms with Gasteiger partial charge in [-0.25, -0.2) is 4.98 Å². The molecular weight excluding hydrogens is 230 g/mol. The minimum Gasteiger partial charge on any atom is -0.475 e. The maximum atomic E-state index is 5.54. The third-order valence-electron chi connectivity index (χ3n) is 2.16. The van der Waals surface area contributed by atoms with Crippen molar-refractivity contribution in [3.63, 3.8) is 0 Å². The number of nitrogens with zero attached hydrogens (tertiary/aromatic N) is 2. The first-order valence-electron chi connectivity index (χ1n) is 6.45. The second-order valence-electron chi connectivity index (χ2n) is 4.33. The minimum atomic E-state index is 0.225. The van der Waals surface area contributed by atoms with Gasteiger partial charge in [0.2, 0.25) is 5.88 Å². The Hall–Kier alpha value is -1.36. The molecule has 1 N–H and O–H groups in total. The van der Waals surface area contributed by atoms with Gasteiger partial charge in [0.05, 0.1) is 12.7 Å². The van der Waals surface area contributed by atoms with E-state index in [4.69, 9.17) is 9.47 Å². The summed E-state index contributed by atoms with van der Waals surface area (Å²) in [7, 11) is 0. The Kier molecular flexibility index (Phi) is 6.43. The third-order valence-corrected chi connectivity index (χ3v) is 2.16. The van der Waals surface area contributed by atoms with Gasteiger partial charge in [0.15, 0.2) is 0 Å². The lowest BCUT2D eigenvalue weighted by Crippen LogP contribution is -2.12. The number of anilines is 1. The summed E-state index contributed by atoms with van der Waals surface area (Å²) in [5.74, 6) is 2.11. The molecule has 1 aromatic heterocycles. The molecule has 0 fully saturated rings. The van der Waals surface area contributed by atoms with Gasteiger partial charge in [0, 0.05) is 12.6 Å². The SMILES string of the molecule is CCCNc1cc(OCCOC(C)C)nc(C)n1. The molecule has 0 aliphatic carbocycles. The first-order valence-corrected chi connectivity index (χ1v) is 6.45. The van der Waals surface area contributed by atoms with Crippen LogP contribution in [-0.4, -0.2) is 35.8 Å². The maximum absolute atomic E-state index is 5.54. The molecule has 5 nitrogen and oxygen atoms in total. The second-order valence-corrected chi connectivity index (χ2v) is 4.33. The van der Waals surface area contributed by atoms with Crippen molar-refractivity contribution in [1.29, 1.82) is 0 Å². The third kappa shape index (κ3) is 5.82. The van der Waals surface area contributed by atoms with Crippen LogP contribution in [0.15, 0.2) is 6.07 Å². The monoisotopic (exact) mass is 253 g/mol.